The van der Waals surface area contributed by atoms with Gasteiger partial charge in [0.2, 0.25) is 0 Å². The van der Waals surface area contributed by atoms with Crippen LogP contribution in [0.15, 0.2) is 46.9 Å². The zero-order chi connectivity index (χ0) is 19.0. The summed E-state index contributed by atoms with van der Waals surface area (Å²) in [6, 6.07) is 13.6. The SMILES string of the molecule is CCC1Cn2c(C(=O)NCc3cc(Br)ccc3OC)cc3cccc(c32)O1. The number of carbonyl (C=O) groups is 1. The second-order valence-corrected chi connectivity index (χ2v) is 7.54. The van der Waals surface area contributed by atoms with Crippen molar-refractivity contribution in [3.8, 4) is 11.5 Å². The summed E-state index contributed by atoms with van der Waals surface area (Å²) < 4.78 is 14.5. The Bertz CT molecular complexity index is 1010. The van der Waals surface area contributed by atoms with Gasteiger partial charge in [0.1, 0.15) is 23.3 Å². The molecule has 0 fully saturated rings. The molecule has 1 atom stereocenters. The standard InChI is InChI=1S/C21H21BrN2O3/c1-3-16-12-24-17(10-13-5-4-6-19(27-16)20(13)24)21(25)23-11-14-9-15(22)7-8-18(14)26-2/h4-10,16H,3,11-12H2,1-2H3,(H,23,25). The lowest BCUT2D eigenvalue weighted by Crippen LogP contribution is -2.31. The third-order valence-electron chi connectivity index (χ3n) is 4.93. The van der Waals surface area contributed by atoms with Crippen molar-refractivity contribution < 1.29 is 14.3 Å². The molecular weight excluding hydrogens is 408 g/mol. The number of halogens is 1. The molecule has 4 rings (SSSR count). The highest BCUT2D eigenvalue weighted by molar-refractivity contribution is 9.10. The van der Waals surface area contributed by atoms with E-state index in [1.165, 1.54) is 0 Å². The summed E-state index contributed by atoms with van der Waals surface area (Å²) in [5.74, 6) is 1.50. The van der Waals surface area contributed by atoms with E-state index in [1.807, 2.05) is 42.5 Å². The number of hydrogen-bond acceptors (Lipinski definition) is 3. The van der Waals surface area contributed by atoms with Crippen LogP contribution in [0.5, 0.6) is 11.5 Å². The number of benzene rings is 2. The largest absolute Gasteiger partial charge is 0.496 e. The van der Waals surface area contributed by atoms with Gasteiger partial charge in [-0.2, -0.15) is 0 Å². The van der Waals surface area contributed by atoms with E-state index >= 15 is 0 Å². The summed E-state index contributed by atoms with van der Waals surface area (Å²) in [7, 11) is 1.63. The molecule has 0 aliphatic carbocycles. The van der Waals surface area contributed by atoms with Gasteiger partial charge in [-0.1, -0.05) is 35.0 Å². The number of hydrogen-bond donors (Lipinski definition) is 1. The highest BCUT2D eigenvalue weighted by Gasteiger charge is 2.25. The molecule has 5 nitrogen and oxygen atoms in total. The van der Waals surface area contributed by atoms with E-state index in [4.69, 9.17) is 9.47 Å². The predicted molar refractivity (Wildman–Crippen MR) is 109 cm³/mol. The van der Waals surface area contributed by atoms with Crippen LogP contribution in [0.4, 0.5) is 0 Å². The van der Waals surface area contributed by atoms with Gasteiger partial charge in [-0.15, -0.1) is 0 Å². The van der Waals surface area contributed by atoms with Gasteiger partial charge in [0.25, 0.3) is 5.91 Å². The maximum atomic E-state index is 13.0. The molecule has 2 aromatic carbocycles. The van der Waals surface area contributed by atoms with Gasteiger partial charge >= 0.3 is 0 Å². The number of ether oxygens (including phenoxy) is 2. The number of rotatable bonds is 5. The van der Waals surface area contributed by atoms with Crippen molar-refractivity contribution >= 4 is 32.7 Å². The second kappa shape index (κ2) is 7.27. The number of para-hydroxylation sites is 1. The first kappa shape index (κ1) is 17.9. The van der Waals surface area contributed by atoms with Gasteiger partial charge in [0.05, 0.1) is 19.2 Å². The molecule has 2 heterocycles. The van der Waals surface area contributed by atoms with Crippen LogP contribution < -0.4 is 14.8 Å². The molecule has 1 N–H and O–H groups in total. The van der Waals surface area contributed by atoms with Crippen molar-refractivity contribution in [3.05, 3.63) is 58.2 Å². The molecule has 1 aliphatic rings. The summed E-state index contributed by atoms with van der Waals surface area (Å²) in [5, 5.41) is 4.05. The van der Waals surface area contributed by atoms with E-state index in [0.717, 1.165) is 38.9 Å². The van der Waals surface area contributed by atoms with Crippen LogP contribution in [-0.2, 0) is 13.1 Å². The average molecular weight is 429 g/mol. The van der Waals surface area contributed by atoms with Crippen molar-refractivity contribution in [2.24, 2.45) is 0 Å². The van der Waals surface area contributed by atoms with Gasteiger partial charge < -0.3 is 19.4 Å². The number of amides is 1. The minimum atomic E-state index is -0.101. The molecular formula is C21H21BrN2O3. The minimum Gasteiger partial charge on any atom is -0.496 e. The van der Waals surface area contributed by atoms with Crippen LogP contribution in [0.2, 0.25) is 0 Å². The smallest absolute Gasteiger partial charge is 0.268 e. The third kappa shape index (κ3) is 3.30. The van der Waals surface area contributed by atoms with E-state index in [0.29, 0.717) is 18.8 Å². The zero-order valence-electron chi connectivity index (χ0n) is 15.3. The number of carbonyl (C=O) groups excluding carboxylic acids is 1. The Balaban J connectivity index is 1.63. The monoisotopic (exact) mass is 428 g/mol. The van der Waals surface area contributed by atoms with Gasteiger partial charge in [-0.25, -0.2) is 0 Å². The third-order valence-corrected chi connectivity index (χ3v) is 5.43. The molecule has 3 aromatic rings. The maximum absolute atomic E-state index is 13.0. The molecule has 1 unspecified atom stereocenters. The highest BCUT2D eigenvalue weighted by atomic mass is 79.9. The number of nitrogens with one attached hydrogen (secondary N) is 1. The molecule has 6 heteroatoms. The minimum absolute atomic E-state index is 0.0761. The molecule has 0 radical (unpaired) electrons. The lowest BCUT2D eigenvalue weighted by molar-refractivity contribution is 0.0935. The molecule has 1 aromatic heterocycles. The first-order valence-electron chi connectivity index (χ1n) is 9.00. The van der Waals surface area contributed by atoms with Gasteiger partial charge in [0, 0.05) is 22.0 Å². The fraction of sp³-hybridized carbons (Fsp3) is 0.286. The summed E-state index contributed by atoms with van der Waals surface area (Å²) in [6.07, 6.45) is 0.969. The van der Waals surface area contributed by atoms with Crippen molar-refractivity contribution in [3.63, 3.8) is 0 Å². The van der Waals surface area contributed by atoms with Crippen molar-refractivity contribution in [2.75, 3.05) is 7.11 Å². The number of nitrogens with zero attached hydrogens (tertiary/aromatic N) is 1. The van der Waals surface area contributed by atoms with Crippen molar-refractivity contribution in [2.45, 2.75) is 32.5 Å². The topological polar surface area (TPSA) is 52.5 Å². The van der Waals surface area contributed by atoms with Crippen LogP contribution in [0.1, 0.15) is 29.4 Å². The molecule has 0 spiro atoms. The molecule has 0 saturated heterocycles. The quantitative estimate of drug-likeness (QED) is 0.649. The lowest BCUT2D eigenvalue weighted by Gasteiger charge is -2.26. The Labute approximate surface area is 166 Å². The summed E-state index contributed by atoms with van der Waals surface area (Å²) in [5.41, 5.74) is 2.57. The van der Waals surface area contributed by atoms with Crippen LogP contribution in [-0.4, -0.2) is 23.7 Å². The maximum Gasteiger partial charge on any atom is 0.268 e. The zero-order valence-corrected chi connectivity index (χ0v) is 16.9. The van der Waals surface area contributed by atoms with E-state index in [-0.39, 0.29) is 12.0 Å². The molecule has 140 valence electrons. The Hall–Kier alpha value is -2.47. The van der Waals surface area contributed by atoms with Crippen molar-refractivity contribution in [1.82, 2.24) is 9.88 Å². The fourth-order valence-electron chi connectivity index (χ4n) is 3.55. The highest BCUT2D eigenvalue weighted by Crippen LogP contribution is 2.34. The van der Waals surface area contributed by atoms with Crippen LogP contribution in [0, 0.1) is 0 Å². The second-order valence-electron chi connectivity index (χ2n) is 6.62. The normalized spacial score (nSPS) is 15.4. The van der Waals surface area contributed by atoms with Crippen LogP contribution in [0.25, 0.3) is 10.9 Å². The number of aromatic nitrogens is 1. The Morgan fingerprint density at radius 2 is 2.19 bits per heavy atom. The lowest BCUT2D eigenvalue weighted by atomic mass is 10.2. The molecule has 1 aliphatic heterocycles. The summed E-state index contributed by atoms with van der Waals surface area (Å²) >= 11 is 3.47. The van der Waals surface area contributed by atoms with Crippen molar-refractivity contribution in [1.29, 1.82) is 0 Å². The molecule has 0 bridgehead atoms. The van der Waals surface area contributed by atoms with Gasteiger partial charge in [-0.05, 0) is 36.8 Å². The van der Waals surface area contributed by atoms with Crippen LogP contribution in [0.3, 0.4) is 0 Å². The average Bonchev–Trinajstić information content (AvgIpc) is 3.06. The molecule has 27 heavy (non-hydrogen) atoms. The van der Waals surface area contributed by atoms with E-state index in [1.54, 1.807) is 7.11 Å². The van der Waals surface area contributed by atoms with E-state index < -0.39 is 0 Å². The molecule has 0 saturated carbocycles. The Morgan fingerprint density at radius 3 is 2.96 bits per heavy atom. The number of methoxy groups -OCH3 is 1. The Morgan fingerprint density at radius 1 is 1.33 bits per heavy atom. The fourth-order valence-corrected chi connectivity index (χ4v) is 3.96. The van der Waals surface area contributed by atoms with Crippen LogP contribution >= 0.6 is 15.9 Å². The first-order chi connectivity index (χ1) is 13.1. The first-order valence-corrected chi connectivity index (χ1v) is 9.79. The van der Waals surface area contributed by atoms with Gasteiger partial charge in [0.15, 0.2) is 0 Å². The summed E-state index contributed by atoms with van der Waals surface area (Å²) in [6.45, 7) is 3.17. The predicted octanol–water partition coefficient (Wildman–Crippen LogP) is 4.51. The van der Waals surface area contributed by atoms with Gasteiger partial charge in [-0.3, -0.25) is 4.79 Å². The molecule has 1 amide bonds. The summed E-state index contributed by atoms with van der Waals surface area (Å²) in [4.78, 5) is 13.0. The Kier molecular flexibility index (Phi) is 4.83. The van der Waals surface area contributed by atoms with E-state index in [9.17, 15) is 4.79 Å². The van der Waals surface area contributed by atoms with E-state index in [2.05, 4.69) is 32.7 Å².